The molecule has 19 heavy (non-hydrogen) atoms. The molecule has 0 atom stereocenters. The average Bonchev–Trinajstić information content (AvgIpc) is 2.93. The zero-order valence-corrected chi connectivity index (χ0v) is 11.9. The first-order valence-electron chi connectivity index (χ1n) is 5.89. The maximum absolute atomic E-state index is 5.71. The summed E-state index contributed by atoms with van der Waals surface area (Å²) in [5.74, 6) is 1.07. The molecule has 0 saturated heterocycles. The fraction of sp³-hybridized carbons (Fsp3) is 0.0667. The average molecular weight is 315 g/mol. The Morgan fingerprint density at radius 2 is 1.58 bits per heavy atom. The van der Waals surface area contributed by atoms with Gasteiger partial charge in [-0.1, -0.05) is 34.1 Å². The molecule has 2 aromatic carbocycles. The van der Waals surface area contributed by atoms with Crippen LogP contribution in [0.2, 0.25) is 0 Å². The van der Waals surface area contributed by atoms with Gasteiger partial charge in [-0.15, -0.1) is 10.2 Å². The van der Waals surface area contributed by atoms with Gasteiger partial charge in [0.25, 0.3) is 0 Å². The summed E-state index contributed by atoms with van der Waals surface area (Å²) < 4.78 is 6.78. The van der Waals surface area contributed by atoms with E-state index in [0.717, 1.165) is 21.2 Å². The first kappa shape index (κ1) is 12.1. The topological polar surface area (TPSA) is 38.9 Å². The van der Waals surface area contributed by atoms with Crippen LogP contribution in [0.15, 0.2) is 57.4 Å². The third-order valence-corrected chi connectivity index (χ3v) is 3.74. The van der Waals surface area contributed by atoms with Crippen molar-refractivity contribution >= 4 is 15.9 Å². The molecule has 4 heteroatoms. The first-order valence-corrected chi connectivity index (χ1v) is 6.69. The highest BCUT2D eigenvalue weighted by atomic mass is 79.9. The third-order valence-electron chi connectivity index (χ3n) is 2.85. The minimum Gasteiger partial charge on any atom is -0.416 e. The van der Waals surface area contributed by atoms with Crippen molar-refractivity contribution in [2.75, 3.05) is 0 Å². The van der Waals surface area contributed by atoms with Crippen LogP contribution in [-0.4, -0.2) is 10.2 Å². The molecule has 3 rings (SSSR count). The van der Waals surface area contributed by atoms with E-state index in [0.29, 0.717) is 11.8 Å². The monoisotopic (exact) mass is 314 g/mol. The number of benzene rings is 2. The number of hydrogen-bond donors (Lipinski definition) is 0. The number of rotatable bonds is 2. The highest BCUT2D eigenvalue weighted by molar-refractivity contribution is 9.10. The van der Waals surface area contributed by atoms with E-state index in [9.17, 15) is 0 Å². The smallest absolute Gasteiger partial charge is 0.248 e. The number of hydrogen-bond acceptors (Lipinski definition) is 3. The molecule has 0 N–H and O–H groups in total. The van der Waals surface area contributed by atoms with E-state index in [4.69, 9.17) is 4.42 Å². The quantitative estimate of drug-likeness (QED) is 0.700. The summed E-state index contributed by atoms with van der Waals surface area (Å²) in [4.78, 5) is 0. The van der Waals surface area contributed by atoms with Crippen LogP contribution in [0.1, 0.15) is 5.56 Å². The number of aryl methyl sites for hydroxylation is 1. The fourth-order valence-electron chi connectivity index (χ4n) is 1.81. The van der Waals surface area contributed by atoms with Crippen LogP contribution >= 0.6 is 15.9 Å². The Labute approximate surface area is 119 Å². The summed E-state index contributed by atoms with van der Waals surface area (Å²) in [5, 5.41) is 8.19. The summed E-state index contributed by atoms with van der Waals surface area (Å²) >= 11 is 3.48. The fourth-order valence-corrected chi connectivity index (χ4v) is 2.06. The molecule has 3 nitrogen and oxygen atoms in total. The van der Waals surface area contributed by atoms with E-state index in [1.807, 2.05) is 55.5 Å². The van der Waals surface area contributed by atoms with Crippen molar-refractivity contribution in [2.24, 2.45) is 0 Å². The number of nitrogens with zero attached hydrogens (tertiary/aromatic N) is 2. The first-order chi connectivity index (χ1) is 9.24. The van der Waals surface area contributed by atoms with Gasteiger partial charge in [0.05, 0.1) is 0 Å². The lowest BCUT2D eigenvalue weighted by Gasteiger charge is -1.99. The molecule has 0 radical (unpaired) electrons. The molecule has 0 aliphatic rings. The van der Waals surface area contributed by atoms with Gasteiger partial charge in [0, 0.05) is 15.6 Å². The van der Waals surface area contributed by atoms with Crippen LogP contribution in [0.25, 0.3) is 22.9 Å². The van der Waals surface area contributed by atoms with Crippen molar-refractivity contribution in [1.29, 1.82) is 0 Å². The minimum atomic E-state index is 0.537. The van der Waals surface area contributed by atoms with E-state index in [-0.39, 0.29) is 0 Å². The van der Waals surface area contributed by atoms with Crippen molar-refractivity contribution in [3.8, 4) is 22.9 Å². The zero-order chi connectivity index (χ0) is 13.2. The van der Waals surface area contributed by atoms with Crippen molar-refractivity contribution in [1.82, 2.24) is 10.2 Å². The Morgan fingerprint density at radius 1 is 0.895 bits per heavy atom. The highest BCUT2D eigenvalue weighted by Gasteiger charge is 2.10. The molecular formula is C15H11BrN2O. The van der Waals surface area contributed by atoms with Gasteiger partial charge >= 0.3 is 0 Å². The second-order valence-electron chi connectivity index (χ2n) is 4.24. The van der Waals surface area contributed by atoms with E-state index >= 15 is 0 Å². The number of halogens is 1. The molecule has 0 amide bonds. The van der Waals surface area contributed by atoms with Gasteiger partial charge < -0.3 is 4.42 Å². The Kier molecular flexibility index (Phi) is 3.17. The Hall–Kier alpha value is -1.94. The summed E-state index contributed by atoms with van der Waals surface area (Å²) in [7, 11) is 0. The van der Waals surface area contributed by atoms with Gasteiger partial charge in [0.1, 0.15) is 0 Å². The predicted octanol–water partition coefficient (Wildman–Crippen LogP) is 4.47. The molecule has 0 fully saturated rings. The molecule has 1 aromatic heterocycles. The molecule has 0 bridgehead atoms. The summed E-state index contributed by atoms with van der Waals surface area (Å²) in [6.07, 6.45) is 0. The molecule has 0 aliphatic carbocycles. The van der Waals surface area contributed by atoms with Crippen LogP contribution in [0.3, 0.4) is 0 Å². The lowest BCUT2D eigenvalue weighted by molar-refractivity contribution is 0.584. The van der Waals surface area contributed by atoms with E-state index in [2.05, 4.69) is 26.1 Å². The predicted molar refractivity (Wildman–Crippen MR) is 77.6 cm³/mol. The minimum absolute atomic E-state index is 0.537. The van der Waals surface area contributed by atoms with Gasteiger partial charge in [0.2, 0.25) is 11.8 Å². The molecule has 0 spiro atoms. The molecule has 0 aliphatic heterocycles. The summed E-state index contributed by atoms with van der Waals surface area (Å²) in [6, 6.07) is 15.7. The zero-order valence-electron chi connectivity index (χ0n) is 10.3. The Bertz CT molecular complexity index is 707. The Balaban J connectivity index is 1.99. The lowest BCUT2D eigenvalue weighted by Crippen LogP contribution is -1.81. The van der Waals surface area contributed by atoms with E-state index in [1.165, 1.54) is 0 Å². The second-order valence-corrected chi connectivity index (χ2v) is 5.10. The van der Waals surface area contributed by atoms with Gasteiger partial charge in [-0.3, -0.25) is 0 Å². The van der Waals surface area contributed by atoms with Crippen molar-refractivity contribution in [3.05, 3.63) is 58.6 Å². The lowest BCUT2D eigenvalue weighted by atomic mass is 10.1. The highest BCUT2D eigenvalue weighted by Crippen LogP contribution is 2.26. The van der Waals surface area contributed by atoms with Gasteiger partial charge in [-0.05, 0) is 42.8 Å². The Morgan fingerprint density at radius 3 is 2.26 bits per heavy atom. The normalized spacial score (nSPS) is 10.6. The van der Waals surface area contributed by atoms with E-state index in [1.54, 1.807) is 0 Å². The van der Waals surface area contributed by atoms with Gasteiger partial charge in [-0.25, -0.2) is 0 Å². The van der Waals surface area contributed by atoms with Crippen LogP contribution < -0.4 is 0 Å². The largest absolute Gasteiger partial charge is 0.416 e. The van der Waals surface area contributed by atoms with Crippen molar-refractivity contribution in [3.63, 3.8) is 0 Å². The maximum Gasteiger partial charge on any atom is 0.248 e. The molecule has 94 valence electrons. The number of aromatic nitrogens is 2. The van der Waals surface area contributed by atoms with Crippen LogP contribution in [0, 0.1) is 6.92 Å². The molecule has 3 aromatic rings. The van der Waals surface area contributed by atoms with Gasteiger partial charge in [0.15, 0.2) is 0 Å². The molecular weight excluding hydrogens is 304 g/mol. The van der Waals surface area contributed by atoms with Crippen molar-refractivity contribution < 1.29 is 4.42 Å². The van der Waals surface area contributed by atoms with Gasteiger partial charge in [-0.2, -0.15) is 0 Å². The SMILES string of the molecule is Cc1cc(-c2nnc(-c3ccccc3)o2)ccc1Br. The second kappa shape index (κ2) is 4.97. The van der Waals surface area contributed by atoms with Crippen LogP contribution in [0.5, 0.6) is 0 Å². The molecule has 1 heterocycles. The summed E-state index contributed by atoms with van der Waals surface area (Å²) in [6.45, 7) is 2.03. The van der Waals surface area contributed by atoms with Crippen molar-refractivity contribution in [2.45, 2.75) is 6.92 Å². The summed E-state index contributed by atoms with van der Waals surface area (Å²) in [5.41, 5.74) is 2.99. The third kappa shape index (κ3) is 2.44. The van der Waals surface area contributed by atoms with E-state index < -0.39 is 0 Å². The standard InChI is InChI=1S/C15H11BrN2O/c1-10-9-12(7-8-13(10)16)15-18-17-14(19-15)11-5-3-2-4-6-11/h2-9H,1H3. The van der Waals surface area contributed by atoms with Crippen LogP contribution in [0.4, 0.5) is 0 Å². The molecule has 0 saturated carbocycles. The van der Waals surface area contributed by atoms with Crippen LogP contribution in [-0.2, 0) is 0 Å². The molecule has 0 unspecified atom stereocenters. The maximum atomic E-state index is 5.71.